The Morgan fingerprint density at radius 2 is 2.15 bits per heavy atom. The summed E-state index contributed by atoms with van der Waals surface area (Å²) in [7, 11) is 0. The quantitative estimate of drug-likeness (QED) is 0.784. The van der Waals surface area contributed by atoms with E-state index in [-0.39, 0.29) is 0 Å². The van der Waals surface area contributed by atoms with Gasteiger partial charge in [0, 0.05) is 19.5 Å². The minimum atomic E-state index is 0.526. The molecule has 110 valence electrons. The molecule has 1 atom stereocenters. The largest absolute Gasteiger partial charge is 0.492 e. The van der Waals surface area contributed by atoms with E-state index in [1.54, 1.807) is 0 Å². The van der Waals surface area contributed by atoms with E-state index in [2.05, 4.69) is 11.8 Å². The predicted molar refractivity (Wildman–Crippen MR) is 87.3 cm³/mol. The zero-order valence-electron chi connectivity index (χ0n) is 12.2. The van der Waals surface area contributed by atoms with Gasteiger partial charge in [-0.25, -0.2) is 0 Å². The van der Waals surface area contributed by atoms with Crippen LogP contribution in [0.3, 0.4) is 0 Å². The second kappa shape index (κ2) is 7.60. The number of likely N-dealkylation sites (tertiary alicyclic amines) is 1. The van der Waals surface area contributed by atoms with Gasteiger partial charge in [-0.3, -0.25) is 4.90 Å². The van der Waals surface area contributed by atoms with Gasteiger partial charge in [-0.15, -0.1) is 0 Å². The average Bonchev–Trinajstić information content (AvgIpc) is 2.88. The first kappa shape index (κ1) is 15.3. The second-order valence-electron chi connectivity index (χ2n) is 5.50. The van der Waals surface area contributed by atoms with Crippen molar-refractivity contribution in [2.24, 2.45) is 11.7 Å². The van der Waals surface area contributed by atoms with Crippen molar-refractivity contribution in [3.63, 3.8) is 0 Å². The van der Waals surface area contributed by atoms with Crippen LogP contribution in [0, 0.1) is 5.92 Å². The molecule has 0 radical (unpaired) electrons. The van der Waals surface area contributed by atoms with Crippen LogP contribution in [0.15, 0.2) is 24.3 Å². The van der Waals surface area contributed by atoms with Crippen molar-refractivity contribution in [1.29, 1.82) is 0 Å². The smallest absolute Gasteiger partial charge is 0.119 e. The standard InChI is InChI=1S/C16H24N2OS/c1-2-13-7-8-18(12-13)9-10-19-15-5-3-14(4-6-15)11-16(17)20/h3-6,13H,2,7-12H2,1H3,(H2,17,20). The van der Waals surface area contributed by atoms with Crippen molar-refractivity contribution in [3.8, 4) is 5.75 Å². The molecule has 1 unspecified atom stereocenters. The summed E-state index contributed by atoms with van der Waals surface area (Å²) in [6.45, 7) is 6.50. The molecule has 0 aromatic heterocycles. The third-order valence-corrected chi connectivity index (χ3v) is 4.07. The molecule has 0 saturated carbocycles. The Balaban J connectivity index is 1.70. The molecule has 1 heterocycles. The van der Waals surface area contributed by atoms with Gasteiger partial charge in [-0.2, -0.15) is 0 Å². The fourth-order valence-corrected chi connectivity index (χ4v) is 2.81. The lowest BCUT2D eigenvalue weighted by Gasteiger charge is -2.16. The summed E-state index contributed by atoms with van der Waals surface area (Å²) in [6, 6.07) is 8.04. The molecular weight excluding hydrogens is 268 g/mol. The highest BCUT2D eigenvalue weighted by Crippen LogP contribution is 2.19. The van der Waals surface area contributed by atoms with Crippen LogP contribution in [0.2, 0.25) is 0 Å². The molecule has 3 nitrogen and oxygen atoms in total. The highest BCUT2D eigenvalue weighted by atomic mass is 32.1. The first-order chi connectivity index (χ1) is 9.67. The summed E-state index contributed by atoms with van der Waals surface area (Å²) in [5.41, 5.74) is 6.66. The van der Waals surface area contributed by atoms with E-state index in [9.17, 15) is 0 Å². The third kappa shape index (κ3) is 4.76. The highest BCUT2D eigenvalue weighted by molar-refractivity contribution is 7.80. The van der Waals surface area contributed by atoms with Crippen molar-refractivity contribution < 1.29 is 4.74 Å². The lowest BCUT2D eigenvalue weighted by Crippen LogP contribution is -2.26. The molecule has 0 spiro atoms. The number of thiocarbonyl (C=S) groups is 1. The van der Waals surface area contributed by atoms with Crippen molar-refractivity contribution in [2.75, 3.05) is 26.2 Å². The van der Waals surface area contributed by atoms with Crippen molar-refractivity contribution in [3.05, 3.63) is 29.8 Å². The van der Waals surface area contributed by atoms with Crippen LogP contribution >= 0.6 is 12.2 Å². The number of ether oxygens (including phenoxy) is 1. The summed E-state index contributed by atoms with van der Waals surface area (Å²) in [4.78, 5) is 3.02. The van der Waals surface area contributed by atoms with Crippen LogP contribution in [0.25, 0.3) is 0 Å². The topological polar surface area (TPSA) is 38.5 Å². The fourth-order valence-electron chi connectivity index (χ4n) is 2.65. The lowest BCUT2D eigenvalue weighted by molar-refractivity contribution is 0.232. The molecule has 1 saturated heterocycles. The maximum Gasteiger partial charge on any atom is 0.119 e. The molecular formula is C16H24N2OS. The zero-order valence-corrected chi connectivity index (χ0v) is 13.0. The van der Waals surface area contributed by atoms with Gasteiger partial charge in [-0.1, -0.05) is 37.7 Å². The fraction of sp³-hybridized carbons (Fsp3) is 0.562. The summed E-state index contributed by atoms with van der Waals surface area (Å²) in [5.74, 6) is 1.80. The molecule has 0 bridgehead atoms. The number of rotatable bonds is 7. The first-order valence-corrected chi connectivity index (χ1v) is 7.80. The van der Waals surface area contributed by atoms with Gasteiger partial charge in [0.25, 0.3) is 0 Å². The van der Waals surface area contributed by atoms with E-state index in [0.717, 1.165) is 30.4 Å². The maximum absolute atomic E-state index is 5.79. The Morgan fingerprint density at radius 1 is 1.40 bits per heavy atom. The molecule has 2 N–H and O–H groups in total. The van der Waals surface area contributed by atoms with E-state index >= 15 is 0 Å². The van der Waals surface area contributed by atoms with Gasteiger partial charge >= 0.3 is 0 Å². The van der Waals surface area contributed by atoms with Gasteiger partial charge in [-0.05, 0) is 36.6 Å². The highest BCUT2D eigenvalue weighted by Gasteiger charge is 2.20. The molecule has 0 amide bonds. The molecule has 1 aromatic rings. The molecule has 2 rings (SSSR count). The van der Waals surface area contributed by atoms with Gasteiger partial charge in [0.1, 0.15) is 12.4 Å². The van der Waals surface area contributed by atoms with Crippen molar-refractivity contribution in [2.45, 2.75) is 26.2 Å². The molecule has 1 aliphatic rings. The number of nitrogens with zero attached hydrogens (tertiary/aromatic N) is 1. The zero-order chi connectivity index (χ0) is 14.4. The normalized spacial score (nSPS) is 19.1. The van der Waals surface area contributed by atoms with E-state index in [1.807, 2.05) is 24.3 Å². The Morgan fingerprint density at radius 3 is 2.75 bits per heavy atom. The van der Waals surface area contributed by atoms with E-state index in [0.29, 0.717) is 11.4 Å². The lowest BCUT2D eigenvalue weighted by atomic mass is 10.1. The Kier molecular flexibility index (Phi) is 5.80. The summed E-state index contributed by atoms with van der Waals surface area (Å²) >= 11 is 4.90. The number of hydrogen-bond acceptors (Lipinski definition) is 3. The summed E-state index contributed by atoms with van der Waals surface area (Å²) in [5, 5.41) is 0. The third-order valence-electron chi connectivity index (χ3n) is 3.93. The van der Waals surface area contributed by atoms with Crippen molar-refractivity contribution >= 4 is 17.2 Å². The molecule has 4 heteroatoms. The Labute approximate surface area is 127 Å². The van der Waals surface area contributed by atoms with Crippen molar-refractivity contribution in [1.82, 2.24) is 4.90 Å². The SMILES string of the molecule is CCC1CCN(CCOc2ccc(CC(N)=S)cc2)C1. The van der Waals surface area contributed by atoms with Crippen LogP contribution in [-0.2, 0) is 6.42 Å². The van der Waals surface area contributed by atoms with Crippen LogP contribution in [-0.4, -0.2) is 36.1 Å². The molecule has 0 aliphatic carbocycles. The summed E-state index contributed by atoms with van der Waals surface area (Å²) < 4.78 is 5.79. The molecule has 1 aromatic carbocycles. The molecule has 1 aliphatic heterocycles. The van der Waals surface area contributed by atoms with E-state index < -0.39 is 0 Å². The predicted octanol–water partition coefficient (Wildman–Crippen LogP) is 2.63. The van der Waals surface area contributed by atoms with Gasteiger partial charge in [0.2, 0.25) is 0 Å². The first-order valence-electron chi connectivity index (χ1n) is 7.39. The van der Waals surface area contributed by atoms with Crippen LogP contribution in [0.1, 0.15) is 25.3 Å². The Hall–Kier alpha value is -1.13. The number of benzene rings is 1. The maximum atomic E-state index is 5.79. The monoisotopic (exact) mass is 292 g/mol. The second-order valence-corrected chi connectivity index (χ2v) is 6.02. The van der Waals surface area contributed by atoms with Gasteiger partial charge in [0.15, 0.2) is 0 Å². The molecule has 1 fully saturated rings. The minimum absolute atomic E-state index is 0.526. The van der Waals surface area contributed by atoms with Gasteiger partial charge < -0.3 is 10.5 Å². The molecule has 20 heavy (non-hydrogen) atoms. The van der Waals surface area contributed by atoms with Crippen LogP contribution in [0.5, 0.6) is 5.75 Å². The summed E-state index contributed by atoms with van der Waals surface area (Å²) in [6.07, 6.45) is 3.29. The van der Waals surface area contributed by atoms with E-state index in [1.165, 1.54) is 25.9 Å². The van der Waals surface area contributed by atoms with Crippen LogP contribution in [0.4, 0.5) is 0 Å². The average molecular weight is 292 g/mol. The minimum Gasteiger partial charge on any atom is -0.492 e. The van der Waals surface area contributed by atoms with Gasteiger partial charge in [0.05, 0.1) is 4.99 Å². The van der Waals surface area contributed by atoms with E-state index in [4.69, 9.17) is 22.7 Å². The number of hydrogen-bond donors (Lipinski definition) is 1. The Bertz CT molecular complexity index is 433. The van der Waals surface area contributed by atoms with Crippen LogP contribution < -0.4 is 10.5 Å². The number of nitrogens with two attached hydrogens (primary N) is 1.